The monoisotopic (exact) mass is 373 g/mol. The van der Waals surface area contributed by atoms with E-state index in [4.69, 9.17) is 11.6 Å². The van der Waals surface area contributed by atoms with E-state index in [1.807, 2.05) is 0 Å². The molecule has 134 valence electrons. The first-order valence-corrected chi connectivity index (χ1v) is 8.42. The van der Waals surface area contributed by atoms with Crippen molar-refractivity contribution < 1.29 is 14.5 Å². The zero-order chi connectivity index (χ0) is 18.7. The molecule has 3 rings (SSSR count). The molecular weight excluding hydrogens is 358 g/mol. The second-order valence-electron chi connectivity index (χ2n) is 5.90. The van der Waals surface area contributed by atoms with Gasteiger partial charge in [0.25, 0.3) is 17.5 Å². The Hall–Kier alpha value is -2.93. The van der Waals surface area contributed by atoms with E-state index >= 15 is 0 Å². The fraction of sp³-hybridized carbons (Fsp3) is 0.222. The number of halogens is 1. The SMILES string of the molecule is O=C(c1ccc([N+](=O)[O-])cc1)N1CCN(C(=O)c2cccc(Cl)c2)CC1. The van der Waals surface area contributed by atoms with Gasteiger partial charge in [-0.05, 0) is 30.3 Å². The predicted octanol–water partition coefficient (Wildman–Crippen LogP) is 2.85. The van der Waals surface area contributed by atoms with Gasteiger partial charge in [-0.2, -0.15) is 0 Å². The van der Waals surface area contributed by atoms with Gasteiger partial charge < -0.3 is 9.80 Å². The molecule has 0 spiro atoms. The average Bonchev–Trinajstić information content (AvgIpc) is 2.67. The lowest BCUT2D eigenvalue weighted by Crippen LogP contribution is -2.50. The van der Waals surface area contributed by atoms with Crippen molar-refractivity contribution in [3.8, 4) is 0 Å². The third kappa shape index (κ3) is 3.83. The van der Waals surface area contributed by atoms with Crippen LogP contribution >= 0.6 is 11.6 Å². The topological polar surface area (TPSA) is 83.8 Å². The van der Waals surface area contributed by atoms with Gasteiger partial charge in [0.15, 0.2) is 0 Å². The maximum absolute atomic E-state index is 12.5. The Morgan fingerprint density at radius 3 is 1.92 bits per heavy atom. The van der Waals surface area contributed by atoms with Crippen molar-refractivity contribution >= 4 is 29.1 Å². The summed E-state index contributed by atoms with van der Waals surface area (Å²) in [5.41, 5.74) is 0.858. The molecule has 2 amide bonds. The van der Waals surface area contributed by atoms with Crippen molar-refractivity contribution in [3.63, 3.8) is 0 Å². The standard InChI is InChI=1S/C18H16ClN3O4/c19-15-3-1-2-14(12-15)18(24)21-10-8-20(9-11-21)17(23)13-4-6-16(7-5-13)22(25)26/h1-7,12H,8-11H2. The van der Waals surface area contributed by atoms with Crippen LogP contribution in [0.4, 0.5) is 5.69 Å². The fourth-order valence-electron chi connectivity index (χ4n) is 2.83. The van der Waals surface area contributed by atoms with Crippen LogP contribution in [0.15, 0.2) is 48.5 Å². The van der Waals surface area contributed by atoms with Gasteiger partial charge in [0.2, 0.25) is 0 Å². The lowest BCUT2D eigenvalue weighted by molar-refractivity contribution is -0.384. The van der Waals surface area contributed by atoms with Crippen LogP contribution in [0.25, 0.3) is 0 Å². The van der Waals surface area contributed by atoms with Gasteiger partial charge in [-0.1, -0.05) is 17.7 Å². The minimum absolute atomic E-state index is 0.0570. The molecule has 2 aromatic carbocycles. The van der Waals surface area contributed by atoms with Crippen molar-refractivity contribution in [1.82, 2.24) is 9.80 Å². The molecule has 0 N–H and O–H groups in total. The molecule has 0 radical (unpaired) electrons. The number of carbonyl (C=O) groups excluding carboxylic acids is 2. The Bertz CT molecular complexity index is 846. The molecule has 1 aliphatic heterocycles. The second-order valence-corrected chi connectivity index (χ2v) is 6.34. The molecule has 0 atom stereocenters. The number of carbonyl (C=O) groups is 2. The van der Waals surface area contributed by atoms with E-state index in [1.165, 1.54) is 24.3 Å². The summed E-state index contributed by atoms with van der Waals surface area (Å²) in [5, 5.41) is 11.2. The van der Waals surface area contributed by atoms with Gasteiger partial charge in [0.05, 0.1) is 4.92 Å². The van der Waals surface area contributed by atoms with E-state index < -0.39 is 4.92 Å². The number of nitro benzene ring substituents is 1. The third-order valence-electron chi connectivity index (χ3n) is 4.25. The number of benzene rings is 2. The summed E-state index contributed by atoms with van der Waals surface area (Å²) in [6, 6.07) is 12.3. The highest BCUT2D eigenvalue weighted by molar-refractivity contribution is 6.30. The minimum Gasteiger partial charge on any atom is -0.335 e. The Labute approximate surface area is 154 Å². The maximum Gasteiger partial charge on any atom is 0.269 e. The smallest absolute Gasteiger partial charge is 0.269 e. The maximum atomic E-state index is 12.5. The van der Waals surface area contributed by atoms with Gasteiger partial charge in [-0.25, -0.2) is 0 Å². The second kappa shape index (κ2) is 7.53. The summed E-state index contributed by atoms with van der Waals surface area (Å²) in [5.74, 6) is -0.315. The molecule has 0 saturated carbocycles. The van der Waals surface area contributed by atoms with Crippen LogP contribution in [-0.2, 0) is 0 Å². The first kappa shape index (κ1) is 17.9. The molecular formula is C18H16ClN3O4. The Morgan fingerprint density at radius 2 is 1.42 bits per heavy atom. The molecule has 1 heterocycles. The van der Waals surface area contributed by atoms with E-state index in [1.54, 1.807) is 34.1 Å². The number of non-ortho nitro benzene ring substituents is 1. The highest BCUT2D eigenvalue weighted by Crippen LogP contribution is 2.17. The molecule has 2 aromatic rings. The van der Waals surface area contributed by atoms with E-state index in [0.29, 0.717) is 42.3 Å². The molecule has 26 heavy (non-hydrogen) atoms. The molecule has 8 heteroatoms. The molecule has 0 unspecified atom stereocenters. The van der Waals surface area contributed by atoms with Crippen molar-refractivity contribution in [1.29, 1.82) is 0 Å². The lowest BCUT2D eigenvalue weighted by Gasteiger charge is -2.34. The van der Waals surface area contributed by atoms with Gasteiger partial charge in [0.1, 0.15) is 0 Å². The molecule has 1 aliphatic rings. The molecule has 0 aliphatic carbocycles. The number of hydrogen-bond acceptors (Lipinski definition) is 4. The van der Waals surface area contributed by atoms with Crippen molar-refractivity contribution in [2.24, 2.45) is 0 Å². The van der Waals surface area contributed by atoms with E-state index in [2.05, 4.69) is 0 Å². The summed E-state index contributed by atoms with van der Waals surface area (Å²) in [6.45, 7) is 1.65. The molecule has 1 saturated heterocycles. The normalized spacial score (nSPS) is 14.2. The van der Waals surface area contributed by atoms with E-state index in [0.717, 1.165) is 0 Å². The van der Waals surface area contributed by atoms with Crippen LogP contribution < -0.4 is 0 Å². The van der Waals surface area contributed by atoms with Gasteiger partial charge in [-0.3, -0.25) is 19.7 Å². The third-order valence-corrected chi connectivity index (χ3v) is 4.49. The van der Waals surface area contributed by atoms with Crippen LogP contribution in [0.2, 0.25) is 5.02 Å². The van der Waals surface area contributed by atoms with Crippen LogP contribution in [0.5, 0.6) is 0 Å². The van der Waals surface area contributed by atoms with Crippen LogP contribution in [-0.4, -0.2) is 52.7 Å². The average molecular weight is 374 g/mol. The number of rotatable bonds is 3. The van der Waals surface area contributed by atoms with Crippen LogP contribution in [0.1, 0.15) is 20.7 Å². The lowest BCUT2D eigenvalue weighted by atomic mass is 10.1. The summed E-state index contributed by atoms with van der Waals surface area (Å²) < 4.78 is 0. The first-order chi connectivity index (χ1) is 12.5. The highest BCUT2D eigenvalue weighted by atomic mass is 35.5. The quantitative estimate of drug-likeness (QED) is 0.611. The zero-order valence-corrected chi connectivity index (χ0v) is 14.6. The van der Waals surface area contributed by atoms with Gasteiger partial charge >= 0.3 is 0 Å². The molecule has 7 nitrogen and oxygen atoms in total. The largest absolute Gasteiger partial charge is 0.335 e. The highest BCUT2D eigenvalue weighted by Gasteiger charge is 2.25. The van der Waals surface area contributed by atoms with Crippen molar-refractivity contribution in [2.45, 2.75) is 0 Å². The molecule has 0 aromatic heterocycles. The van der Waals surface area contributed by atoms with Crippen LogP contribution in [0.3, 0.4) is 0 Å². The van der Waals surface area contributed by atoms with Gasteiger partial charge in [0, 0.05) is 54.5 Å². The molecule has 1 fully saturated rings. The summed E-state index contributed by atoms with van der Waals surface area (Å²) >= 11 is 5.93. The van der Waals surface area contributed by atoms with Gasteiger partial charge in [-0.15, -0.1) is 0 Å². The predicted molar refractivity (Wildman–Crippen MR) is 96.4 cm³/mol. The number of nitro groups is 1. The Morgan fingerprint density at radius 1 is 0.885 bits per heavy atom. The zero-order valence-electron chi connectivity index (χ0n) is 13.8. The number of nitrogens with zero attached hydrogens (tertiary/aromatic N) is 3. The minimum atomic E-state index is -0.505. The van der Waals surface area contributed by atoms with E-state index in [-0.39, 0.29) is 17.5 Å². The Balaban J connectivity index is 1.61. The first-order valence-electron chi connectivity index (χ1n) is 8.04. The summed E-state index contributed by atoms with van der Waals surface area (Å²) in [6.07, 6.45) is 0. The van der Waals surface area contributed by atoms with Crippen LogP contribution in [0, 0.1) is 10.1 Å². The summed E-state index contributed by atoms with van der Waals surface area (Å²) in [4.78, 5) is 38.5. The molecule has 0 bridgehead atoms. The Kier molecular flexibility index (Phi) is 5.18. The fourth-order valence-corrected chi connectivity index (χ4v) is 3.02. The number of hydrogen-bond donors (Lipinski definition) is 0. The number of piperazine rings is 1. The van der Waals surface area contributed by atoms with E-state index in [9.17, 15) is 19.7 Å². The summed E-state index contributed by atoms with van der Waals surface area (Å²) in [7, 11) is 0. The van der Waals surface area contributed by atoms with Crippen molar-refractivity contribution in [3.05, 3.63) is 74.8 Å². The number of amides is 2. The van der Waals surface area contributed by atoms with Crippen molar-refractivity contribution in [2.75, 3.05) is 26.2 Å².